The predicted octanol–water partition coefficient (Wildman–Crippen LogP) is 2.15. The highest BCUT2D eigenvalue weighted by Crippen LogP contribution is 2.21. The van der Waals surface area contributed by atoms with Gasteiger partial charge in [-0.05, 0) is 31.0 Å². The summed E-state index contributed by atoms with van der Waals surface area (Å²) < 4.78 is 27.3. The molecule has 0 bridgehead atoms. The smallest absolute Gasteiger partial charge is 0.250 e. The van der Waals surface area contributed by atoms with E-state index in [0.717, 1.165) is 16.9 Å². The molecule has 108 valence electrons. The third-order valence-electron chi connectivity index (χ3n) is 2.80. The minimum Gasteiger partial charge on any atom is -0.391 e. The van der Waals surface area contributed by atoms with Crippen LogP contribution in [0.1, 0.15) is 17.4 Å². The van der Waals surface area contributed by atoms with E-state index in [0.29, 0.717) is 11.3 Å². The Morgan fingerprint density at radius 3 is 2.50 bits per heavy atom. The maximum absolute atomic E-state index is 12.2. The zero-order valence-electron chi connectivity index (χ0n) is 11.1. The number of rotatable bonds is 6. The first-order chi connectivity index (χ1) is 9.51. The van der Waals surface area contributed by atoms with E-state index >= 15 is 0 Å². The molecule has 0 saturated carbocycles. The molecule has 0 radical (unpaired) electrons. The fraction of sp³-hybridized carbons (Fsp3) is 0.286. The van der Waals surface area contributed by atoms with Crippen molar-refractivity contribution in [2.45, 2.75) is 30.2 Å². The zero-order valence-corrected chi connectivity index (χ0v) is 12.7. The van der Waals surface area contributed by atoms with E-state index in [1.165, 1.54) is 6.07 Å². The SMILES string of the molecule is CC(Cc1ccccc1)NS(=O)(=O)c1ccc(CO)s1. The first kappa shape index (κ1) is 15.2. The molecule has 1 heterocycles. The van der Waals surface area contributed by atoms with Crippen LogP contribution < -0.4 is 4.72 Å². The summed E-state index contributed by atoms with van der Waals surface area (Å²) in [5.74, 6) is 0. The number of hydrogen-bond acceptors (Lipinski definition) is 4. The highest BCUT2D eigenvalue weighted by Gasteiger charge is 2.19. The van der Waals surface area contributed by atoms with E-state index in [2.05, 4.69) is 4.72 Å². The fourth-order valence-electron chi connectivity index (χ4n) is 1.92. The van der Waals surface area contributed by atoms with Crippen LogP contribution in [0, 0.1) is 0 Å². The third kappa shape index (κ3) is 3.89. The monoisotopic (exact) mass is 311 g/mol. The maximum Gasteiger partial charge on any atom is 0.250 e. The van der Waals surface area contributed by atoms with Crippen LogP contribution >= 0.6 is 11.3 Å². The van der Waals surface area contributed by atoms with Crippen LogP contribution in [-0.4, -0.2) is 19.6 Å². The number of aliphatic hydroxyl groups excluding tert-OH is 1. The molecule has 0 amide bonds. The Morgan fingerprint density at radius 1 is 1.20 bits per heavy atom. The molecule has 0 fully saturated rings. The predicted molar refractivity (Wildman–Crippen MR) is 80.2 cm³/mol. The number of nitrogens with one attached hydrogen (secondary N) is 1. The lowest BCUT2D eigenvalue weighted by Crippen LogP contribution is -2.33. The van der Waals surface area contributed by atoms with Crippen molar-refractivity contribution in [2.24, 2.45) is 0 Å². The van der Waals surface area contributed by atoms with Gasteiger partial charge in [0.25, 0.3) is 0 Å². The highest BCUT2D eigenvalue weighted by molar-refractivity contribution is 7.91. The topological polar surface area (TPSA) is 66.4 Å². The van der Waals surface area contributed by atoms with Crippen LogP contribution in [0.3, 0.4) is 0 Å². The van der Waals surface area contributed by atoms with Crippen molar-refractivity contribution >= 4 is 21.4 Å². The van der Waals surface area contributed by atoms with Crippen molar-refractivity contribution < 1.29 is 13.5 Å². The second-order valence-electron chi connectivity index (χ2n) is 4.59. The van der Waals surface area contributed by atoms with Gasteiger partial charge in [-0.3, -0.25) is 0 Å². The Labute approximate surface area is 123 Å². The van der Waals surface area contributed by atoms with Crippen LogP contribution in [0.25, 0.3) is 0 Å². The molecule has 0 aliphatic carbocycles. The molecule has 0 aliphatic heterocycles. The first-order valence-electron chi connectivity index (χ1n) is 6.27. The summed E-state index contributed by atoms with van der Waals surface area (Å²) in [6.07, 6.45) is 0.637. The summed E-state index contributed by atoms with van der Waals surface area (Å²) in [6, 6.07) is 12.7. The van der Waals surface area contributed by atoms with E-state index in [-0.39, 0.29) is 16.9 Å². The molecule has 1 unspecified atom stereocenters. The van der Waals surface area contributed by atoms with Gasteiger partial charge in [0, 0.05) is 10.9 Å². The Hall–Kier alpha value is -1.21. The lowest BCUT2D eigenvalue weighted by Gasteiger charge is -2.13. The Kier molecular flexibility index (Phi) is 4.93. The van der Waals surface area contributed by atoms with Crippen molar-refractivity contribution in [3.05, 3.63) is 52.9 Å². The third-order valence-corrected chi connectivity index (χ3v) is 5.95. The van der Waals surface area contributed by atoms with Gasteiger partial charge in [0.1, 0.15) is 4.21 Å². The molecule has 2 rings (SSSR count). The van der Waals surface area contributed by atoms with E-state index in [1.54, 1.807) is 6.07 Å². The van der Waals surface area contributed by atoms with Crippen molar-refractivity contribution in [3.63, 3.8) is 0 Å². The average Bonchev–Trinajstić information content (AvgIpc) is 2.88. The quantitative estimate of drug-likeness (QED) is 0.859. The molecule has 6 heteroatoms. The van der Waals surface area contributed by atoms with E-state index in [9.17, 15) is 8.42 Å². The first-order valence-corrected chi connectivity index (χ1v) is 8.57. The molecule has 0 aliphatic rings. The fourth-order valence-corrected chi connectivity index (χ4v) is 4.40. The Balaban J connectivity index is 2.04. The summed E-state index contributed by atoms with van der Waals surface area (Å²) in [6.45, 7) is 1.70. The number of aliphatic hydroxyl groups is 1. The minimum atomic E-state index is -3.51. The number of sulfonamides is 1. The molecule has 2 N–H and O–H groups in total. The largest absolute Gasteiger partial charge is 0.391 e. The highest BCUT2D eigenvalue weighted by atomic mass is 32.2. The second kappa shape index (κ2) is 6.49. The van der Waals surface area contributed by atoms with Crippen molar-refractivity contribution in [1.82, 2.24) is 4.72 Å². The van der Waals surface area contributed by atoms with Crippen LogP contribution in [0.4, 0.5) is 0 Å². The van der Waals surface area contributed by atoms with Crippen molar-refractivity contribution in [1.29, 1.82) is 0 Å². The van der Waals surface area contributed by atoms with Gasteiger partial charge in [-0.25, -0.2) is 13.1 Å². The molecule has 0 spiro atoms. The molecular formula is C14H17NO3S2. The lowest BCUT2D eigenvalue weighted by molar-refractivity contribution is 0.285. The molecule has 2 aromatic rings. The number of thiophene rings is 1. The van der Waals surface area contributed by atoms with Gasteiger partial charge in [0.15, 0.2) is 0 Å². The maximum atomic E-state index is 12.2. The molecule has 1 aromatic heterocycles. The van der Waals surface area contributed by atoms with E-state index in [1.807, 2.05) is 37.3 Å². The van der Waals surface area contributed by atoms with E-state index in [4.69, 9.17) is 5.11 Å². The molecule has 1 aromatic carbocycles. The number of benzene rings is 1. The normalized spacial score (nSPS) is 13.3. The lowest BCUT2D eigenvalue weighted by atomic mass is 10.1. The summed E-state index contributed by atoms with van der Waals surface area (Å²) in [5, 5.41) is 8.99. The van der Waals surface area contributed by atoms with Crippen LogP contribution in [0.15, 0.2) is 46.7 Å². The van der Waals surface area contributed by atoms with Gasteiger partial charge in [-0.15, -0.1) is 11.3 Å². The van der Waals surface area contributed by atoms with Crippen LogP contribution in [0.2, 0.25) is 0 Å². The standard InChI is InChI=1S/C14H17NO3S2/c1-11(9-12-5-3-2-4-6-12)15-20(17,18)14-8-7-13(10-16)19-14/h2-8,11,15-16H,9-10H2,1H3. The minimum absolute atomic E-state index is 0.139. The number of hydrogen-bond donors (Lipinski definition) is 2. The van der Waals surface area contributed by atoms with E-state index < -0.39 is 10.0 Å². The summed E-state index contributed by atoms with van der Waals surface area (Å²) in [7, 11) is -3.51. The van der Waals surface area contributed by atoms with Crippen LogP contribution in [0.5, 0.6) is 0 Å². The van der Waals surface area contributed by atoms with Crippen molar-refractivity contribution in [2.75, 3.05) is 0 Å². The average molecular weight is 311 g/mol. The van der Waals surface area contributed by atoms with Gasteiger partial charge in [-0.1, -0.05) is 30.3 Å². The molecule has 0 saturated heterocycles. The van der Waals surface area contributed by atoms with Gasteiger partial charge >= 0.3 is 0 Å². The zero-order chi connectivity index (χ0) is 14.6. The van der Waals surface area contributed by atoms with Crippen LogP contribution in [-0.2, 0) is 23.1 Å². The van der Waals surface area contributed by atoms with Gasteiger partial charge in [0.05, 0.1) is 6.61 Å². The molecular weight excluding hydrogens is 294 g/mol. The van der Waals surface area contributed by atoms with Crippen molar-refractivity contribution in [3.8, 4) is 0 Å². The van der Waals surface area contributed by atoms with Gasteiger partial charge in [0.2, 0.25) is 10.0 Å². The van der Waals surface area contributed by atoms with Gasteiger partial charge in [-0.2, -0.15) is 0 Å². The Bertz CT molecular complexity index is 650. The Morgan fingerprint density at radius 2 is 1.90 bits per heavy atom. The molecule has 1 atom stereocenters. The summed E-state index contributed by atoms with van der Waals surface area (Å²) >= 11 is 1.09. The second-order valence-corrected chi connectivity index (χ2v) is 7.70. The summed E-state index contributed by atoms with van der Waals surface area (Å²) in [4.78, 5) is 0.640. The summed E-state index contributed by atoms with van der Waals surface area (Å²) in [5.41, 5.74) is 1.09. The molecule has 20 heavy (non-hydrogen) atoms. The molecule has 4 nitrogen and oxygen atoms in total. The van der Waals surface area contributed by atoms with Gasteiger partial charge < -0.3 is 5.11 Å².